The summed E-state index contributed by atoms with van der Waals surface area (Å²) in [5.74, 6) is 0.827. The van der Waals surface area contributed by atoms with Crippen LogP contribution in [-0.4, -0.2) is 25.5 Å². The Bertz CT molecular complexity index is 327. The van der Waals surface area contributed by atoms with Crippen LogP contribution in [0.4, 0.5) is 0 Å². The topological polar surface area (TPSA) is 64.1 Å². The third-order valence-electron chi connectivity index (χ3n) is 1.53. The molecule has 5 heteroatoms. The predicted octanol–water partition coefficient (Wildman–Crippen LogP) is 1.60. The summed E-state index contributed by atoms with van der Waals surface area (Å²) in [6.07, 6.45) is 3.27. The van der Waals surface area contributed by atoms with Crippen LogP contribution in [0, 0.1) is 6.92 Å². The minimum atomic E-state index is -1.21. The van der Waals surface area contributed by atoms with Crippen LogP contribution < -0.4 is 0 Å². The Morgan fingerprint density at radius 1 is 1.57 bits per heavy atom. The number of rotatable bonds is 2. The van der Waals surface area contributed by atoms with E-state index in [1.807, 2.05) is 27.7 Å². The Kier molecular flexibility index (Phi) is 3.34. The van der Waals surface area contributed by atoms with Crippen LogP contribution in [0.15, 0.2) is 10.6 Å². The quantitative estimate of drug-likeness (QED) is 0.599. The van der Waals surface area contributed by atoms with Crippen LogP contribution in [0.5, 0.6) is 0 Å². The van der Waals surface area contributed by atoms with Gasteiger partial charge in [0.05, 0.1) is 0 Å². The average molecular weight is 213 g/mol. The molecule has 0 aliphatic heterocycles. The average Bonchev–Trinajstić information content (AvgIpc) is 2.45. The lowest BCUT2D eigenvalue weighted by atomic mass is 10.3. The lowest BCUT2D eigenvalue weighted by Gasteiger charge is -2.17. The minimum Gasteiger partial charge on any atom is -0.591 e. The van der Waals surface area contributed by atoms with Crippen molar-refractivity contribution in [3.8, 4) is 0 Å². The molecule has 0 saturated carbocycles. The molecule has 0 fully saturated rings. The summed E-state index contributed by atoms with van der Waals surface area (Å²) in [6, 6.07) is 0. The highest BCUT2D eigenvalue weighted by molar-refractivity contribution is 7.91. The number of hydrogen-bond donors (Lipinski definition) is 1. The summed E-state index contributed by atoms with van der Waals surface area (Å²) in [5, 5.41) is 0. The van der Waals surface area contributed by atoms with E-state index in [9.17, 15) is 4.55 Å². The van der Waals surface area contributed by atoms with E-state index in [0.29, 0.717) is 5.69 Å². The smallest absolute Gasteiger partial charge is 0.144 e. The standard InChI is InChI=1S/C9H15N3OS/c1-7-10-5-8(12-7)6-11-14(13)9(2,3)4/h5-6H,1-4H3,(H,10,12). The summed E-state index contributed by atoms with van der Waals surface area (Å²) >= 11 is -1.21. The Morgan fingerprint density at radius 3 is 2.64 bits per heavy atom. The molecule has 0 aromatic carbocycles. The zero-order valence-electron chi connectivity index (χ0n) is 8.87. The second-order valence-corrected chi connectivity index (χ2v) is 5.94. The first kappa shape index (κ1) is 11.3. The van der Waals surface area contributed by atoms with Gasteiger partial charge in [-0.3, -0.25) is 0 Å². The van der Waals surface area contributed by atoms with E-state index in [1.165, 1.54) is 6.21 Å². The lowest BCUT2D eigenvalue weighted by Crippen LogP contribution is -2.25. The Hall–Kier alpha value is -0.810. The van der Waals surface area contributed by atoms with Crippen molar-refractivity contribution in [2.24, 2.45) is 4.40 Å². The fourth-order valence-electron chi connectivity index (χ4n) is 0.763. The molecule has 1 unspecified atom stereocenters. The van der Waals surface area contributed by atoms with Crippen LogP contribution in [0.3, 0.4) is 0 Å². The molecule has 0 bridgehead atoms. The fourth-order valence-corrected chi connectivity index (χ4v) is 1.28. The molecule has 1 atom stereocenters. The second-order valence-electron chi connectivity index (χ2n) is 4.01. The SMILES string of the molecule is Cc1nc(C=N[S+]([O-])C(C)(C)C)c[nH]1. The zero-order valence-corrected chi connectivity index (χ0v) is 9.68. The summed E-state index contributed by atoms with van der Waals surface area (Å²) in [7, 11) is 0. The van der Waals surface area contributed by atoms with Crippen LogP contribution in [0.25, 0.3) is 0 Å². The van der Waals surface area contributed by atoms with Crippen molar-refractivity contribution in [3.63, 3.8) is 0 Å². The maximum atomic E-state index is 11.5. The molecule has 78 valence electrons. The van der Waals surface area contributed by atoms with E-state index < -0.39 is 11.4 Å². The van der Waals surface area contributed by atoms with Crippen LogP contribution in [0.1, 0.15) is 32.3 Å². The molecule has 0 radical (unpaired) electrons. The lowest BCUT2D eigenvalue weighted by molar-refractivity contribution is 0.562. The number of nitrogens with zero attached hydrogens (tertiary/aromatic N) is 2. The number of nitrogens with one attached hydrogen (secondary N) is 1. The molecule has 1 rings (SSSR count). The van der Waals surface area contributed by atoms with Gasteiger partial charge < -0.3 is 9.54 Å². The van der Waals surface area contributed by atoms with Gasteiger partial charge in [0.15, 0.2) is 0 Å². The van der Waals surface area contributed by atoms with Crippen LogP contribution in [0.2, 0.25) is 0 Å². The van der Waals surface area contributed by atoms with E-state index in [1.54, 1.807) is 6.20 Å². The molecular weight excluding hydrogens is 198 g/mol. The normalized spacial score (nSPS) is 14.9. The zero-order chi connectivity index (χ0) is 10.8. The summed E-state index contributed by atoms with van der Waals surface area (Å²) in [6.45, 7) is 7.51. The number of H-pyrrole nitrogens is 1. The maximum absolute atomic E-state index is 11.5. The summed E-state index contributed by atoms with van der Waals surface area (Å²) in [5.41, 5.74) is 0.708. The number of aromatic nitrogens is 2. The third kappa shape index (κ3) is 3.16. The molecule has 0 amide bonds. The first-order chi connectivity index (χ1) is 6.39. The van der Waals surface area contributed by atoms with Crippen molar-refractivity contribution in [2.45, 2.75) is 32.4 Å². The Morgan fingerprint density at radius 2 is 2.21 bits per heavy atom. The van der Waals surface area contributed by atoms with E-state index in [4.69, 9.17) is 0 Å². The third-order valence-corrected chi connectivity index (χ3v) is 2.87. The molecule has 0 aliphatic carbocycles. The highest BCUT2D eigenvalue weighted by Gasteiger charge is 2.25. The molecule has 0 spiro atoms. The maximum Gasteiger partial charge on any atom is 0.144 e. The minimum absolute atomic E-state index is 0.318. The number of imidazole rings is 1. The molecule has 0 aliphatic rings. The second kappa shape index (κ2) is 4.14. The van der Waals surface area contributed by atoms with Gasteiger partial charge in [0.2, 0.25) is 0 Å². The van der Waals surface area contributed by atoms with Gasteiger partial charge in [-0.25, -0.2) is 4.98 Å². The highest BCUT2D eigenvalue weighted by atomic mass is 32.2. The van der Waals surface area contributed by atoms with E-state index >= 15 is 0 Å². The molecule has 0 saturated heterocycles. The number of aryl methyl sites for hydroxylation is 1. The fraction of sp³-hybridized carbons (Fsp3) is 0.556. The molecule has 1 aromatic rings. The van der Waals surface area contributed by atoms with Crippen molar-refractivity contribution < 1.29 is 4.55 Å². The van der Waals surface area contributed by atoms with E-state index in [0.717, 1.165) is 5.82 Å². The molecule has 1 aromatic heterocycles. The van der Waals surface area contributed by atoms with Gasteiger partial charge >= 0.3 is 0 Å². The number of aromatic amines is 1. The number of hydrogen-bond acceptors (Lipinski definition) is 3. The van der Waals surface area contributed by atoms with Crippen molar-refractivity contribution in [3.05, 3.63) is 17.7 Å². The van der Waals surface area contributed by atoms with Gasteiger partial charge in [-0.05, 0) is 27.7 Å². The van der Waals surface area contributed by atoms with Gasteiger partial charge in [-0.15, -0.1) is 0 Å². The van der Waals surface area contributed by atoms with Crippen LogP contribution in [-0.2, 0) is 11.4 Å². The van der Waals surface area contributed by atoms with Gasteiger partial charge in [-0.1, -0.05) is 4.40 Å². The van der Waals surface area contributed by atoms with E-state index in [-0.39, 0.29) is 4.75 Å². The van der Waals surface area contributed by atoms with Crippen molar-refractivity contribution in [1.29, 1.82) is 0 Å². The van der Waals surface area contributed by atoms with Crippen LogP contribution >= 0.6 is 0 Å². The van der Waals surface area contributed by atoms with E-state index in [2.05, 4.69) is 14.4 Å². The van der Waals surface area contributed by atoms with Gasteiger partial charge in [0.1, 0.15) is 33.8 Å². The van der Waals surface area contributed by atoms with Crippen molar-refractivity contribution >= 4 is 17.6 Å². The van der Waals surface area contributed by atoms with Gasteiger partial charge in [-0.2, -0.15) is 0 Å². The molecule has 14 heavy (non-hydrogen) atoms. The van der Waals surface area contributed by atoms with Gasteiger partial charge in [0, 0.05) is 6.20 Å². The largest absolute Gasteiger partial charge is 0.591 e. The monoisotopic (exact) mass is 213 g/mol. The Balaban J connectivity index is 2.65. The molecule has 4 nitrogen and oxygen atoms in total. The predicted molar refractivity (Wildman–Crippen MR) is 58.8 cm³/mol. The molecular formula is C9H15N3OS. The van der Waals surface area contributed by atoms with Crippen molar-refractivity contribution in [1.82, 2.24) is 9.97 Å². The van der Waals surface area contributed by atoms with Gasteiger partial charge in [0.25, 0.3) is 0 Å². The van der Waals surface area contributed by atoms with Crippen molar-refractivity contribution in [2.75, 3.05) is 0 Å². The summed E-state index contributed by atoms with van der Waals surface area (Å²) in [4.78, 5) is 7.06. The first-order valence-corrected chi connectivity index (χ1v) is 5.48. The Labute approximate surface area is 87.2 Å². The molecule has 1 heterocycles. The highest BCUT2D eigenvalue weighted by Crippen LogP contribution is 2.16. The first-order valence-electron chi connectivity index (χ1n) is 4.37. The summed E-state index contributed by atoms with van der Waals surface area (Å²) < 4.78 is 15.1. The molecule has 1 N–H and O–H groups in total.